The molecular formula is C18H22N2O3. The molecule has 5 heteroatoms. The van der Waals surface area contributed by atoms with Gasteiger partial charge < -0.3 is 20.1 Å². The van der Waals surface area contributed by atoms with Gasteiger partial charge in [-0.2, -0.15) is 0 Å². The number of carbonyl (C=O) groups is 1. The van der Waals surface area contributed by atoms with Crippen LogP contribution in [0.5, 0.6) is 11.5 Å². The first kappa shape index (κ1) is 16.7. The summed E-state index contributed by atoms with van der Waals surface area (Å²) in [6, 6.07) is 13.8. The Hall–Kier alpha value is -2.69. The first-order valence-electron chi connectivity index (χ1n) is 7.55. The van der Waals surface area contributed by atoms with Crippen LogP contribution in [0.3, 0.4) is 0 Å². The summed E-state index contributed by atoms with van der Waals surface area (Å²) >= 11 is 0. The Balaban J connectivity index is 2.10. The number of hydrogen-bond acceptors (Lipinski definition) is 3. The van der Waals surface area contributed by atoms with E-state index in [0.717, 1.165) is 11.3 Å². The number of nitrogens with zero attached hydrogens (tertiary/aromatic N) is 1. The molecule has 2 amide bonds. The summed E-state index contributed by atoms with van der Waals surface area (Å²) in [5, 5.41) is 12.5. The fourth-order valence-corrected chi connectivity index (χ4v) is 2.43. The van der Waals surface area contributed by atoms with Crippen LogP contribution in [0.2, 0.25) is 0 Å². The van der Waals surface area contributed by atoms with Gasteiger partial charge in [0.1, 0.15) is 11.5 Å². The average Bonchev–Trinajstić information content (AvgIpc) is 2.56. The van der Waals surface area contributed by atoms with E-state index < -0.39 is 0 Å². The van der Waals surface area contributed by atoms with Crippen molar-refractivity contribution in [2.24, 2.45) is 0 Å². The van der Waals surface area contributed by atoms with Crippen LogP contribution in [0.15, 0.2) is 48.5 Å². The van der Waals surface area contributed by atoms with Gasteiger partial charge in [0.2, 0.25) is 0 Å². The monoisotopic (exact) mass is 314 g/mol. The van der Waals surface area contributed by atoms with Crippen LogP contribution < -0.4 is 10.1 Å². The number of benzene rings is 2. The first-order chi connectivity index (χ1) is 11.0. The van der Waals surface area contributed by atoms with Gasteiger partial charge in [0.05, 0.1) is 13.2 Å². The number of anilines is 1. The molecule has 0 saturated carbocycles. The fraction of sp³-hybridized carbons (Fsp3) is 0.278. The molecule has 0 heterocycles. The number of methoxy groups -OCH3 is 1. The van der Waals surface area contributed by atoms with Gasteiger partial charge in [0.25, 0.3) is 0 Å². The van der Waals surface area contributed by atoms with Crippen molar-refractivity contribution in [2.75, 3.05) is 19.0 Å². The third kappa shape index (κ3) is 4.16. The third-order valence-electron chi connectivity index (χ3n) is 3.76. The summed E-state index contributed by atoms with van der Waals surface area (Å²) in [5.74, 6) is 0.935. The van der Waals surface area contributed by atoms with Crippen molar-refractivity contribution in [3.8, 4) is 11.5 Å². The molecule has 0 aliphatic rings. The van der Waals surface area contributed by atoms with Gasteiger partial charge in [-0.1, -0.05) is 12.1 Å². The van der Waals surface area contributed by atoms with Crippen molar-refractivity contribution in [3.05, 3.63) is 54.1 Å². The maximum atomic E-state index is 12.5. The molecule has 2 N–H and O–H groups in total. The number of rotatable bonds is 5. The lowest BCUT2D eigenvalue weighted by atomic mass is 10.1. The number of phenolic OH excluding ortho intramolecular Hbond substituents is 1. The minimum Gasteiger partial charge on any atom is -0.508 e. The topological polar surface area (TPSA) is 61.8 Å². The molecule has 5 nitrogen and oxygen atoms in total. The van der Waals surface area contributed by atoms with Crippen LogP contribution in [0.1, 0.15) is 25.5 Å². The zero-order valence-electron chi connectivity index (χ0n) is 13.6. The Bertz CT molecular complexity index is 656. The number of phenols is 1. The number of ether oxygens (including phenoxy) is 1. The highest BCUT2D eigenvalue weighted by Gasteiger charge is 2.20. The maximum absolute atomic E-state index is 12.5. The molecular weight excluding hydrogens is 292 g/mol. The van der Waals surface area contributed by atoms with E-state index in [0.29, 0.717) is 12.2 Å². The molecule has 0 bridgehead atoms. The predicted octanol–water partition coefficient (Wildman–Crippen LogP) is 4.02. The molecule has 2 aromatic carbocycles. The van der Waals surface area contributed by atoms with Crippen molar-refractivity contribution in [1.82, 2.24) is 4.90 Å². The zero-order valence-corrected chi connectivity index (χ0v) is 13.6. The van der Waals surface area contributed by atoms with E-state index >= 15 is 0 Å². The Morgan fingerprint density at radius 3 is 2.52 bits per heavy atom. The van der Waals surface area contributed by atoms with E-state index in [9.17, 15) is 9.90 Å². The van der Waals surface area contributed by atoms with E-state index in [1.807, 2.05) is 19.9 Å². The molecule has 0 radical (unpaired) electrons. The normalized spacial score (nSPS) is 11.6. The van der Waals surface area contributed by atoms with E-state index in [1.54, 1.807) is 54.5 Å². The van der Waals surface area contributed by atoms with Gasteiger partial charge in [-0.15, -0.1) is 0 Å². The first-order valence-corrected chi connectivity index (χ1v) is 7.55. The SMILES string of the molecule is CCN(C(=O)Nc1ccc(OC)cc1)C(C)c1cccc(O)c1. The maximum Gasteiger partial charge on any atom is 0.322 e. The second-order valence-electron chi connectivity index (χ2n) is 5.22. The Morgan fingerprint density at radius 2 is 1.96 bits per heavy atom. The van der Waals surface area contributed by atoms with Gasteiger partial charge in [-0.25, -0.2) is 4.79 Å². The van der Waals surface area contributed by atoms with Crippen LogP contribution in [0.25, 0.3) is 0 Å². The molecule has 0 aromatic heterocycles. The lowest BCUT2D eigenvalue weighted by molar-refractivity contribution is 0.197. The van der Waals surface area contributed by atoms with Crippen molar-refractivity contribution in [2.45, 2.75) is 19.9 Å². The summed E-state index contributed by atoms with van der Waals surface area (Å²) in [5.41, 5.74) is 1.59. The largest absolute Gasteiger partial charge is 0.508 e. The van der Waals surface area contributed by atoms with E-state index in [1.165, 1.54) is 0 Å². The van der Waals surface area contributed by atoms with Crippen LogP contribution in [0, 0.1) is 0 Å². The number of nitrogens with one attached hydrogen (secondary N) is 1. The van der Waals surface area contributed by atoms with Crippen molar-refractivity contribution < 1.29 is 14.6 Å². The molecule has 2 aromatic rings. The van der Waals surface area contributed by atoms with Crippen LogP contribution in [0.4, 0.5) is 10.5 Å². The van der Waals surface area contributed by atoms with Crippen molar-refractivity contribution in [3.63, 3.8) is 0 Å². The Labute approximate surface area is 136 Å². The molecule has 0 aliphatic heterocycles. The van der Waals surface area contributed by atoms with E-state index in [2.05, 4.69) is 5.32 Å². The minimum absolute atomic E-state index is 0.148. The van der Waals surface area contributed by atoms with Crippen LogP contribution in [-0.4, -0.2) is 29.7 Å². The Kier molecular flexibility index (Phi) is 5.46. The third-order valence-corrected chi connectivity index (χ3v) is 3.76. The minimum atomic E-state index is -0.187. The van der Waals surface area contributed by atoms with Gasteiger partial charge in [0, 0.05) is 12.2 Å². The lowest BCUT2D eigenvalue weighted by Gasteiger charge is -2.28. The number of aromatic hydroxyl groups is 1. The van der Waals surface area contributed by atoms with Gasteiger partial charge >= 0.3 is 6.03 Å². The van der Waals surface area contributed by atoms with Crippen LogP contribution >= 0.6 is 0 Å². The molecule has 0 aliphatic carbocycles. The Morgan fingerprint density at radius 1 is 1.26 bits per heavy atom. The molecule has 0 saturated heterocycles. The molecule has 23 heavy (non-hydrogen) atoms. The van der Waals surface area contributed by atoms with Gasteiger partial charge in [0.15, 0.2) is 0 Å². The quantitative estimate of drug-likeness (QED) is 0.876. The molecule has 0 spiro atoms. The summed E-state index contributed by atoms with van der Waals surface area (Å²) in [7, 11) is 1.60. The summed E-state index contributed by atoms with van der Waals surface area (Å²) in [6.07, 6.45) is 0. The number of urea groups is 1. The predicted molar refractivity (Wildman–Crippen MR) is 90.9 cm³/mol. The zero-order chi connectivity index (χ0) is 16.8. The number of carbonyl (C=O) groups excluding carboxylic acids is 1. The molecule has 2 rings (SSSR count). The molecule has 0 fully saturated rings. The summed E-state index contributed by atoms with van der Waals surface area (Å²) < 4.78 is 5.10. The van der Waals surface area contributed by atoms with E-state index in [4.69, 9.17) is 4.74 Å². The average molecular weight is 314 g/mol. The van der Waals surface area contributed by atoms with Gasteiger partial charge in [-0.05, 0) is 55.8 Å². The summed E-state index contributed by atoms with van der Waals surface area (Å²) in [6.45, 7) is 4.41. The summed E-state index contributed by atoms with van der Waals surface area (Å²) in [4.78, 5) is 14.2. The standard InChI is InChI=1S/C18H22N2O3/c1-4-20(13(2)14-6-5-7-16(21)12-14)18(22)19-15-8-10-17(23-3)11-9-15/h5-13,21H,4H2,1-3H3,(H,19,22). The van der Waals surface area contributed by atoms with Crippen LogP contribution in [-0.2, 0) is 0 Å². The second kappa shape index (κ2) is 7.54. The second-order valence-corrected chi connectivity index (χ2v) is 5.22. The van der Waals surface area contributed by atoms with Crippen molar-refractivity contribution >= 4 is 11.7 Å². The van der Waals surface area contributed by atoms with E-state index in [-0.39, 0.29) is 17.8 Å². The molecule has 1 unspecified atom stereocenters. The fourth-order valence-electron chi connectivity index (χ4n) is 2.43. The lowest BCUT2D eigenvalue weighted by Crippen LogP contribution is -2.36. The number of hydrogen-bond donors (Lipinski definition) is 2. The van der Waals surface area contributed by atoms with Gasteiger partial charge in [-0.3, -0.25) is 0 Å². The van der Waals surface area contributed by atoms with Crippen molar-refractivity contribution in [1.29, 1.82) is 0 Å². The number of amides is 2. The smallest absolute Gasteiger partial charge is 0.322 e. The highest BCUT2D eigenvalue weighted by atomic mass is 16.5. The highest BCUT2D eigenvalue weighted by Crippen LogP contribution is 2.24. The molecule has 1 atom stereocenters. The molecule has 122 valence electrons. The highest BCUT2D eigenvalue weighted by molar-refractivity contribution is 5.89.